The van der Waals surface area contributed by atoms with Crippen LogP contribution in [0.3, 0.4) is 0 Å². The van der Waals surface area contributed by atoms with Crippen molar-refractivity contribution in [1.29, 1.82) is 0 Å². The summed E-state index contributed by atoms with van der Waals surface area (Å²) in [5, 5.41) is 11.0. The van der Waals surface area contributed by atoms with Gasteiger partial charge in [0, 0.05) is 6.54 Å². The fourth-order valence-corrected chi connectivity index (χ4v) is 3.84. The van der Waals surface area contributed by atoms with Crippen LogP contribution in [0, 0.1) is 13.8 Å². The van der Waals surface area contributed by atoms with Crippen molar-refractivity contribution in [3.63, 3.8) is 0 Å². The van der Waals surface area contributed by atoms with E-state index in [-0.39, 0.29) is 0 Å². The molecule has 3 aromatic carbocycles. The number of nitrogens with zero attached hydrogens (tertiary/aromatic N) is 2. The number of rotatable bonds is 8. The van der Waals surface area contributed by atoms with Crippen LogP contribution in [0.4, 0.5) is 0 Å². The molecule has 1 unspecified atom stereocenters. The molecular weight excluding hydrogens is 372 g/mol. The number of hydrogen-bond acceptors (Lipinski definition) is 3. The van der Waals surface area contributed by atoms with Gasteiger partial charge >= 0.3 is 0 Å². The van der Waals surface area contributed by atoms with Gasteiger partial charge in [-0.2, -0.15) is 0 Å². The molecule has 0 aliphatic heterocycles. The number of aromatic nitrogens is 2. The first-order valence-corrected chi connectivity index (χ1v) is 10.5. The van der Waals surface area contributed by atoms with Crippen molar-refractivity contribution in [3.05, 3.63) is 95.3 Å². The molecule has 4 aromatic rings. The Morgan fingerprint density at radius 2 is 1.70 bits per heavy atom. The normalized spacial score (nSPS) is 12.2. The SMILES string of the molecule is Cc1ccc(OCCCCn2c(C(O)c3ccccc3)nc3ccccc32)c(C)c1. The zero-order chi connectivity index (χ0) is 20.9. The van der Waals surface area contributed by atoms with Gasteiger partial charge in [-0.3, -0.25) is 0 Å². The zero-order valence-corrected chi connectivity index (χ0v) is 17.6. The van der Waals surface area contributed by atoms with Crippen LogP contribution < -0.4 is 4.74 Å². The van der Waals surface area contributed by atoms with Crippen molar-refractivity contribution in [2.75, 3.05) is 6.61 Å². The lowest BCUT2D eigenvalue weighted by molar-refractivity contribution is 0.204. The van der Waals surface area contributed by atoms with Crippen LogP contribution in [-0.4, -0.2) is 21.3 Å². The molecule has 1 aromatic heterocycles. The first-order chi connectivity index (χ1) is 14.6. The molecule has 1 atom stereocenters. The maximum atomic E-state index is 11.0. The van der Waals surface area contributed by atoms with E-state index in [1.165, 1.54) is 11.1 Å². The minimum Gasteiger partial charge on any atom is -0.493 e. The summed E-state index contributed by atoms with van der Waals surface area (Å²) in [6.07, 6.45) is 1.13. The van der Waals surface area contributed by atoms with Gasteiger partial charge in [0.05, 0.1) is 17.6 Å². The van der Waals surface area contributed by atoms with Gasteiger partial charge in [-0.05, 0) is 56.0 Å². The van der Waals surface area contributed by atoms with Crippen molar-refractivity contribution in [2.24, 2.45) is 0 Å². The molecule has 4 nitrogen and oxygen atoms in total. The third-order valence-electron chi connectivity index (χ3n) is 5.41. The number of ether oxygens (including phenoxy) is 1. The quantitative estimate of drug-likeness (QED) is 0.392. The van der Waals surface area contributed by atoms with Gasteiger partial charge in [-0.25, -0.2) is 4.98 Å². The van der Waals surface area contributed by atoms with Crippen LogP contribution in [-0.2, 0) is 6.54 Å². The molecule has 0 saturated heterocycles. The molecule has 4 heteroatoms. The highest BCUT2D eigenvalue weighted by Gasteiger charge is 2.19. The summed E-state index contributed by atoms with van der Waals surface area (Å²) in [6, 6.07) is 24.0. The molecule has 0 fully saturated rings. The third-order valence-corrected chi connectivity index (χ3v) is 5.41. The van der Waals surface area contributed by atoms with Crippen LogP contribution in [0.2, 0.25) is 0 Å². The first kappa shape index (κ1) is 20.2. The van der Waals surface area contributed by atoms with Gasteiger partial charge in [0.15, 0.2) is 0 Å². The fourth-order valence-electron chi connectivity index (χ4n) is 3.84. The Balaban J connectivity index is 1.45. The summed E-state index contributed by atoms with van der Waals surface area (Å²) < 4.78 is 8.11. The lowest BCUT2D eigenvalue weighted by atomic mass is 10.1. The summed E-state index contributed by atoms with van der Waals surface area (Å²) >= 11 is 0. The Hall–Kier alpha value is -3.11. The van der Waals surface area contributed by atoms with Gasteiger partial charge in [-0.1, -0.05) is 60.2 Å². The van der Waals surface area contributed by atoms with Crippen LogP contribution in [0.5, 0.6) is 5.75 Å². The molecule has 0 aliphatic carbocycles. The van der Waals surface area contributed by atoms with Crippen molar-refractivity contribution >= 4 is 11.0 Å². The van der Waals surface area contributed by atoms with Gasteiger partial charge in [-0.15, -0.1) is 0 Å². The molecule has 1 N–H and O–H groups in total. The molecule has 0 bridgehead atoms. The van der Waals surface area contributed by atoms with Crippen LogP contribution in [0.1, 0.15) is 41.5 Å². The highest BCUT2D eigenvalue weighted by Crippen LogP contribution is 2.26. The van der Waals surface area contributed by atoms with E-state index in [1.807, 2.05) is 54.6 Å². The van der Waals surface area contributed by atoms with E-state index >= 15 is 0 Å². The Labute approximate surface area is 177 Å². The van der Waals surface area contributed by atoms with Gasteiger partial charge in [0.1, 0.15) is 17.7 Å². The largest absolute Gasteiger partial charge is 0.493 e. The number of unbranched alkanes of at least 4 members (excludes halogenated alkanes) is 1. The van der Waals surface area contributed by atoms with Crippen LogP contribution in [0.25, 0.3) is 11.0 Å². The molecule has 0 saturated carbocycles. The highest BCUT2D eigenvalue weighted by atomic mass is 16.5. The summed E-state index contributed by atoms with van der Waals surface area (Å²) in [7, 11) is 0. The van der Waals surface area contributed by atoms with Crippen molar-refractivity contribution < 1.29 is 9.84 Å². The average Bonchev–Trinajstić information content (AvgIpc) is 3.13. The summed E-state index contributed by atoms with van der Waals surface area (Å²) in [6.45, 7) is 5.63. The number of fused-ring (bicyclic) bond motifs is 1. The standard InChI is InChI=1S/C26H28N2O2/c1-19-14-15-24(20(2)18-19)30-17-9-8-16-28-23-13-7-6-12-22(23)27-26(28)25(29)21-10-4-3-5-11-21/h3-7,10-15,18,25,29H,8-9,16-17H2,1-2H3. The number of aliphatic hydroxyl groups is 1. The van der Waals surface area contributed by atoms with E-state index < -0.39 is 6.10 Å². The number of aryl methyl sites for hydroxylation is 3. The number of imidazole rings is 1. The minimum absolute atomic E-state index is 0.674. The average molecular weight is 401 g/mol. The Bertz CT molecular complexity index is 1120. The number of aliphatic hydroxyl groups excluding tert-OH is 1. The highest BCUT2D eigenvalue weighted by molar-refractivity contribution is 5.76. The number of para-hydroxylation sites is 2. The molecule has 4 rings (SSSR count). The predicted molar refractivity (Wildman–Crippen MR) is 121 cm³/mol. The lowest BCUT2D eigenvalue weighted by Gasteiger charge is -2.15. The molecule has 154 valence electrons. The van der Waals surface area contributed by atoms with E-state index in [2.05, 4.69) is 36.6 Å². The Morgan fingerprint density at radius 1 is 0.933 bits per heavy atom. The fraction of sp³-hybridized carbons (Fsp3) is 0.269. The van der Waals surface area contributed by atoms with E-state index in [0.29, 0.717) is 12.4 Å². The van der Waals surface area contributed by atoms with E-state index in [4.69, 9.17) is 9.72 Å². The van der Waals surface area contributed by atoms with E-state index in [0.717, 1.165) is 41.7 Å². The first-order valence-electron chi connectivity index (χ1n) is 10.5. The molecule has 1 heterocycles. The van der Waals surface area contributed by atoms with Crippen molar-refractivity contribution in [2.45, 2.75) is 39.3 Å². The zero-order valence-electron chi connectivity index (χ0n) is 17.6. The van der Waals surface area contributed by atoms with E-state index in [9.17, 15) is 5.11 Å². The summed E-state index contributed by atoms with van der Waals surface area (Å²) in [4.78, 5) is 4.74. The van der Waals surface area contributed by atoms with Gasteiger partial charge in [0.25, 0.3) is 0 Å². The Morgan fingerprint density at radius 3 is 2.50 bits per heavy atom. The van der Waals surface area contributed by atoms with Crippen LogP contribution >= 0.6 is 0 Å². The summed E-state index contributed by atoms with van der Waals surface area (Å²) in [5.41, 5.74) is 5.24. The number of benzene rings is 3. The molecule has 0 spiro atoms. The monoisotopic (exact) mass is 400 g/mol. The molecule has 0 radical (unpaired) electrons. The van der Waals surface area contributed by atoms with Crippen molar-refractivity contribution in [1.82, 2.24) is 9.55 Å². The maximum Gasteiger partial charge on any atom is 0.143 e. The molecule has 0 amide bonds. The number of hydrogen-bond donors (Lipinski definition) is 1. The molecule has 0 aliphatic rings. The maximum absolute atomic E-state index is 11.0. The lowest BCUT2D eigenvalue weighted by Crippen LogP contribution is -2.11. The summed E-state index contributed by atoms with van der Waals surface area (Å²) in [5.74, 6) is 1.64. The molecular formula is C26H28N2O2. The van der Waals surface area contributed by atoms with Gasteiger partial charge in [0.2, 0.25) is 0 Å². The third kappa shape index (κ3) is 4.39. The van der Waals surface area contributed by atoms with Gasteiger partial charge < -0.3 is 14.4 Å². The van der Waals surface area contributed by atoms with Crippen molar-refractivity contribution in [3.8, 4) is 5.75 Å². The topological polar surface area (TPSA) is 47.3 Å². The Kier molecular flexibility index (Phi) is 6.15. The second-order valence-electron chi connectivity index (χ2n) is 7.75. The van der Waals surface area contributed by atoms with E-state index in [1.54, 1.807) is 0 Å². The minimum atomic E-state index is -0.745. The smallest absolute Gasteiger partial charge is 0.143 e. The van der Waals surface area contributed by atoms with Crippen LogP contribution in [0.15, 0.2) is 72.8 Å². The second kappa shape index (κ2) is 9.14. The predicted octanol–water partition coefficient (Wildman–Crippen LogP) is 5.59. The molecule has 30 heavy (non-hydrogen) atoms. The second-order valence-corrected chi connectivity index (χ2v) is 7.75.